The largest absolute Gasteiger partial charge is 0.462 e. The van der Waals surface area contributed by atoms with Crippen LogP contribution in [0.5, 0.6) is 0 Å². The van der Waals surface area contributed by atoms with E-state index in [9.17, 15) is 9.59 Å². The molecule has 7 heteroatoms. The number of anilines is 1. The van der Waals surface area contributed by atoms with E-state index in [2.05, 4.69) is 15.2 Å². The SMILES string of the molecule is CCOC(=O)c1ccc(N2CCN(C(=O)C3CCCN3)CC2)nc1. The van der Waals surface area contributed by atoms with Crippen LogP contribution in [0.3, 0.4) is 0 Å². The van der Waals surface area contributed by atoms with Crippen molar-refractivity contribution in [2.45, 2.75) is 25.8 Å². The Bertz CT molecular complexity index is 576. The smallest absolute Gasteiger partial charge is 0.339 e. The Balaban J connectivity index is 1.54. The minimum absolute atomic E-state index is 0.00136. The van der Waals surface area contributed by atoms with Gasteiger partial charge in [-0.25, -0.2) is 9.78 Å². The van der Waals surface area contributed by atoms with E-state index in [0.29, 0.717) is 25.3 Å². The molecule has 0 spiro atoms. The molecular weight excluding hydrogens is 308 g/mol. The first-order chi connectivity index (χ1) is 11.7. The molecule has 2 aliphatic rings. The highest BCUT2D eigenvalue weighted by molar-refractivity contribution is 5.89. The number of amides is 1. The fraction of sp³-hybridized carbons (Fsp3) is 0.588. The molecule has 2 aliphatic heterocycles. The number of pyridine rings is 1. The number of nitrogens with zero attached hydrogens (tertiary/aromatic N) is 3. The van der Waals surface area contributed by atoms with E-state index >= 15 is 0 Å². The van der Waals surface area contributed by atoms with E-state index in [1.54, 1.807) is 19.2 Å². The lowest BCUT2D eigenvalue weighted by molar-refractivity contribution is -0.133. The van der Waals surface area contributed by atoms with Gasteiger partial charge < -0.3 is 19.9 Å². The van der Waals surface area contributed by atoms with Crippen molar-refractivity contribution in [1.82, 2.24) is 15.2 Å². The molecule has 0 bridgehead atoms. The van der Waals surface area contributed by atoms with Gasteiger partial charge in [-0.3, -0.25) is 4.79 Å². The topological polar surface area (TPSA) is 74.8 Å². The molecule has 0 saturated carbocycles. The average Bonchev–Trinajstić information content (AvgIpc) is 3.16. The lowest BCUT2D eigenvalue weighted by atomic mass is 10.2. The molecule has 1 N–H and O–H groups in total. The Morgan fingerprint density at radius 2 is 2.08 bits per heavy atom. The second-order valence-corrected chi connectivity index (χ2v) is 6.09. The third-order valence-corrected chi connectivity index (χ3v) is 4.53. The van der Waals surface area contributed by atoms with Crippen LogP contribution in [-0.2, 0) is 9.53 Å². The molecule has 1 aromatic rings. The monoisotopic (exact) mass is 332 g/mol. The van der Waals surface area contributed by atoms with Gasteiger partial charge in [-0.1, -0.05) is 0 Å². The molecule has 3 rings (SSSR count). The lowest BCUT2D eigenvalue weighted by Gasteiger charge is -2.36. The Hall–Kier alpha value is -2.15. The minimum Gasteiger partial charge on any atom is -0.462 e. The van der Waals surface area contributed by atoms with Crippen LogP contribution in [0.1, 0.15) is 30.1 Å². The predicted molar refractivity (Wildman–Crippen MR) is 90.0 cm³/mol. The van der Waals surface area contributed by atoms with Crippen molar-refractivity contribution in [3.05, 3.63) is 23.9 Å². The molecule has 0 radical (unpaired) electrons. The summed E-state index contributed by atoms with van der Waals surface area (Å²) in [6, 6.07) is 3.57. The standard InChI is InChI=1S/C17H24N4O3/c1-2-24-17(23)13-5-6-15(19-12-13)20-8-10-21(11-9-20)16(22)14-4-3-7-18-14/h5-6,12,14,18H,2-4,7-11H2,1H3. The number of nitrogens with one attached hydrogen (secondary N) is 1. The third-order valence-electron chi connectivity index (χ3n) is 4.53. The maximum atomic E-state index is 12.4. The Kier molecular flexibility index (Phi) is 5.30. The third kappa shape index (κ3) is 3.67. The van der Waals surface area contributed by atoms with Gasteiger partial charge in [0, 0.05) is 32.4 Å². The maximum absolute atomic E-state index is 12.4. The van der Waals surface area contributed by atoms with Crippen molar-refractivity contribution in [3.63, 3.8) is 0 Å². The molecule has 2 saturated heterocycles. The van der Waals surface area contributed by atoms with Gasteiger partial charge in [0.2, 0.25) is 5.91 Å². The second-order valence-electron chi connectivity index (χ2n) is 6.09. The molecule has 0 aliphatic carbocycles. The van der Waals surface area contributed by atoms with Crippen LogP contribution in [0.25, 0.3) is 0 Å². The first-order valence-electron chi connectivity index (χ1n) is 8.59. The van der Waals surface area contributed by atoms with Gasteiger partial charge >= 0.3 is 5.97 Å². The number of piperazine rings is 1. The fourth-order valence-corrected chi connectivity index (χ4v) is 3.18. The maximum Gasteiger partial charge on any atom is 0.339 e. The molecule has 1 unspecified atom stereocenters. The summed E-state index contributed by atoms with van der Waals surface area (Å²) >= 11 is 0. The van der Waals surface area contributed by atoms with Crippen molar-refractivity contribution in [2.24, 2.45) is 0 Å². The van der Waals surface area contributed by atoms with E-state index in [-0.39, 0.29) is 17.9 Å². The van der Waals surface area contributed by atoms with E-state index < -0.39 is 0 Å². The lowest BCUT2D eigenvalue weighted by Crippen LogP contribution is -2.53. The highest BCUT2D eigenvalue weighted by Gasteiger charge is 2.29. The fourth-order valence-electron chi connectivity index (χ4n) is 3.18. The summed E-state index contributed by atoms with van der Waals surface area (Å²) < 4.78 is 4.96. The second kappa shape index (κ2) is 7.61. The van der Waals surface area contributed by atoms with E-state index in [4.69, 9.17) is 4.74 Å². The normalized spacial score (nSPS) is 21.0. The summed E-state index contributed by atoms with van der Waals surface area (Å²) in [5, 5.41) is 3.26. The number of hydrogen-bond acceptors (Lipinski definition) is 6. The number of hydrogen-bond donors (Lipinski definition) is 1. The Morgan fingerprint density at radius 1 is 1.29 bits per heavy atom. The number of ether oxygens (including phenoxy) is 1. The molecule has 1 aromatic heterocycles. The van der Waals surface area contributed by atoms with E-state index in [1.165, 1.54) is 0 Å². The van der Waals surface area contributed by atoms with Crippen LogP contribution in [0, 0.1) is 0 Å². The van der Waals surface area contributed by atoms with Crippen molar-refractivity contribution in [3.8, 4) is 0 Å². The van der Waals surface area contributed by atoms with Crippen molar-refractivity contribution in [2.75, 3.05) is 44.2 Å². The number of esters is 1. The Labute approximate surface area is 142 Å². The van der Waals surface area contributed by atoms with E-state index in [1.807, 2.05) is 11.0 Å². The zero-order valence-electron chi connectivity index (χ0n) is 14.0. The Morgan fingerprint density at radius 3 is 2.67 bits per heavy atom. The van der Waals surface area contributed by atoms with Gasteiger partial charge in [-0.15, -0.1) is 0 Å². The highest BCUT2D eigenvalue weighted by Crippen LogP contribution is 2.16. The predicted octanol–water partition coefficient (Wildman–Crippen LogP) is 0.659. The molecule has 1 amide bonds. The van der Waals surface area contributed by atoms with Gasteiger partial charge in [0.25, 0.3) is 0 Å². The highest BCUT2D eigenvalue weighted by atomic mass is 16.5. The first-order valence-corrected chi connectivity index (χ1v) is 8.59. The molecule has 0 aromatic carbocycles. The summed E-state index contributed by atoms with van der Waals surface area (Å²) in [6.07, 6.45) is 3.57. The first kappa shape index (κ1) is 16.7. The van der Waals surface area contributed by atoms with Crippen LogP contribution in [0.15, 0.2) is 18.3 Å². The number of carbonyl (C=O) groups excluding carboxylic acids is 2. The summed E-state index contributed by atoms with van der Waals surface area (Å²) in [7, 11) is 0. The van der Waals surface area contributed by atoms with Crippen molar-refractivity contribution in [1.29, 1.82) is 0 Å². The van der Waals surface area contributed by atoms with Crippen LogP contribution < -0.4 is 10.2 Å². The van der Waals surface area contributed by atoms with Crippen molar-refractivity contribution < 1.29 is 14.3 Å². The summed E-state index contributed by atoms with van der Waals surface area (Å²) in [5.41, 5.74) is 0.460. The van der Waals surface area contributed by atoms with Gasteiger partial charge in [0.05, 0.1) is 18.2 Å². The molecule has 24 heavy (non-hydrogen) atoms. The zero-order valence-corrected chi connectivity index (χ0v) is 14.0. The van der Waals surface area contributed by atoms with Crippen LogP contribution >= 0.6 is 0 Å². The number of aromatic nitrogens is 1. The molecule has 2 fully saturated rings. The van der Waals surface area contributed by atoms with Gasteiger partial charge in [0.1, 0.15) is 5.82 Å². The minimum atomic E-state index is -0.351. The van der Waals surface area contributed by atoms with Crippen molar-refractivity contribution >= 4 is 17.7 Å². The molecule has 130 valence electrons. The number of rotatable bonds is 4. The van der Waals surface area contributed by atoms with Gasteiger partial charge in [-0.05, 0) is 38.4 Å². The van der Waals surface area contributed by atoms with Gasteiger partial charge in [-0.2, -0.15) is 0 Å². The molecule has 1 atom stereocenters. The van der Waals surface area contributed by atoms with Gasteiger partial charge in [0.15, 0.2) is 0 Å². The molecule has 7 nitrogen and oxygen atoms in total. The summed E-state index contributed by atoms with van der Waals surface area (Å²) in [5.74, 6) is 0.697. The summed E-state index contributed by atoms with van der Waals surface area (Å²) in [4.78, 5) is 32.5. The quantitative estimate of drug-likeness (QED) is 0.817. The molecule has 3 heterocycles. The number of carbonyl (C=O) groups is 2. The van der Waals surface area contributed by atoms with Crippen LogP contribution in [0.4, 0.5) is 5.82 Å². The van der Waals surface area contributed by atoms with Crippen LogP contribution in [0.2, 0.25) is 0 Å². The zero-order chi connectivity index (χ0) is 16.9. The van der Waals surface area contributed by atoms with E-state index in [0.717, 1.165) is 38.3 Å². The molecular formula is C17H24N4O3. The average molecular weight is 332 g/mol. The summed E-state index contributed by atoms with van der Waals surface area (Å²) in [6.45, 7) is 5.99. The van der Waals surface area contributed by atoms with Crippen LogP contribution in [-0.4, -0.2) is 67.1 Å².